The topological polar surface area (TPSA) is 40.5 Å². The van der Waals surface area contributed by atoms with Gasteiger partial charge in [0.15, 0.2) is 0 Å². The van der Waals surface area contributed by atoms with Crippen LogP contribution in [0, 0.1) is 0 Å². The smallest absolute Gasteiger partial charge is 0.0923 e. The minimum Gasteiger partial charge on any atom is -0.389 e. The van der Waals surface area contributed by atoms with Gasteiger partial charge in [0.05, 0.1) is 11.7 Å². The first-order chi connectivity index (χ1) is 6.52. The molecule has 3 unspecified atom stereocenters. The Bertz CT molecular complexity index is 344. The highest BCUT2D eigenvalue weighted by Crippen LogP contribution is 2.36. The van der Waals surface area contributed by atoms with Gasteiger partial charge in [-0.2, -0.15) is 0 Å². The molecule has 14 heavy (non-hydrogen) atoms. The lowest BCUT2D eigenvalue weighted by Crippen LogP contribution is -2.47. The molecule has 0 spiro atoms. The fraction of sp³-hybridized carbons (Fsp3) is 0.500. The molecule has 0 saturated carbocycles. The number of rotatable bonds is 0. The van der Waals surface area contributed by atoms with Crippen LogP contribution in [0.1, 0.15) is 30.9 Å². The van der Waals surface area contributed by atoms with Crippen LogP contribution in [0.5, 0.6) is 0 Å². The summed E-state index contributed by atoms with van der Waals surface area (Å²) in [6, 6.07) is 7.99. The van der Waals surface area contributed by atoms with Crippen molar-refractivity contribution in [3.8, 4) is 0 Å². The highest BCUT2D eigenvalue weighted by molar-refractivity contribution is 5.35. The number of benzene rings is 1. The summed E-state index contributed by atoms with van der Waals surface area (Å²) >= 11 is 0. The molecule has 0 heterocycles. The lowest BCUT2D eigenvalue weighted by atomic mass is 9.73. The molecule has 1 aromatic rings. The van der Waals surface area contributed by atoms with Crippen molar-refractivity contribution in [1.29, 1.82) is 0 Å². The Kier molecular flexibility index (Phi) is 2.13. The maximum atomic E-state index is 10.0. The van der Waals surface area contributed by atoms with Gasteiger partial charge < -0.3 is 10.2 Å². The zero-order chi connectivity index (χ0) is 10.3. The van der Waals surface area contributed by atoms with Crippen molar-refractivity contribution in [2.24, 2.45) is 0 Å². The molecule has 0 aromatic heterocycles. The molecule has 2 heteroatoms. The highest BCUT2D eigenvalue weighted by atomic mass is 16.3. The van der Waals surface area contributed by atoms with E-state index in [1.165, 1.54) is 0 Å². The molecule has 2 N–H and O–H groups in total. The summed E-state index contributed by atoms with van der Waals surface area (Å²) in [5.41, 5.74) is 1.31. The number of fused-ring (bicyclic) bond motifs is 1. The van der Waals surface area contributed by atoms with Gasteiger partial charge in [-0.1, -0.05) is 31.2 Å². The van der Waals surface area contributed by atoms with Crippen molar-refractivity contribution in [3.05, 3.63) is 35.4 Å². The van der Waals surface area contributed by atoms with Crippen LogP contribution < -0.4 is 0 Å². The predicted octanol–water partition coefficient (Wildman–Crippen LogP) is 1.46. The number of hydrogen-bond donors (Lipinski definition) is 2. The van der Waals surface area contributed by atoms with Gasteiger partial charge in [0.25, 0.3) is 0 Å². The molecule has 0 saturated heterocycles. The van der Waals surface area contributed by atoms with E-state index in [0.717, 1.165) is 11.1 Å². The average Bonchev–Trinajstić information content (AvgIpc) is 2.14. The van der Waals surface area contributed by atoms with E-state index < -0.39 is 11.7 Å². The lowest BCUT2D eigenvalue weighted by molar-refractivity contribution is -0.0776. The van der Waals surface area contributed by atoms with Gasteiger partial charge in [-0.25, -0.2) is 0 Å². The first-order valence-corrected chi connectivity index (χ1v) is 5.00. The average molecular weight is 192 g/mol. The van der Waals surface area contributed by atoms with Crippen LogP contribution in [-0.4, -0.2) is 21.9 Å². The quantitative estimate of drug-likeness (QED) is 0.653. The third-order valence-electron chi connectivity index (χ3n) is 3.20. The van der Waals surface area contributed by atoms with Crippen molar-refractivity contribution in [2.45, 2.75) is 37.9 Å². The number of aliphatic hydroxyl groups is 2. The predicted molar refractivity (Wildman–Crippen MR) is 55.2 cm³/mol. The first-order valence-electron chi connectivity index (χ1n) is 5.00. The van der Waals surface area contributed by atoms with Gasteiger partial charge in [0, 0.05) is 12.3 Å². The monoisotopic (exact) mass is 192 g/mol. The third kappa shape index (κ3) is 1.35. The van der Waals surface area contributed by atoms with Crippen LogP contribution >= 0.6 is 0 Å². The maximum Gasteiger partial charge on any atom is 0.0923 e. The molecule has 1 aliphatic rings. The summed E-state index contributed by atoms with van der Waals surface area (Å²) in [6.45, 7) is 3.65. The molecule has 0 amide bonds. The van der Waals surface area contributed by atoms with E-state index in [1.54, 1.807) is 6.92 Å². The Balaban J connectivity index is 2.48. The Morgan fingerprint density at radius 1 is 1.36 bits per heavy atom. The van der Waals surface area contributed by atoms with E-state index in [1.807, 2.05) is 31.2 Å². The van der Waals surface area contributed by atoms with Crippen molar-refractivity contribution in [1.82, 2.24) is 0 Å². The molecular weight excluding hydrogens is 176 g/mol. The molecule has 3 atom stereocenters. The van der Waals surface area contributed by atoms with Gasteiger partial charge in [-0.15, -0.1) is 0 Å². The van der Waals surface area contributed by atoms with Crippen LogP contribution in [0.3, 0.4) is 0 Å². The second-order valence-corrected chi connectivity index (χ2v) is 4.47. The Morgan fingerprint density at radius 2 is 2.00 bits per heavy atom. The van der Waals surface area contributed by atoms with Gasteiger partial charge in [0.2, 0.25) is 0 Å². The molecule has 76 valence electrons. The van der Waals surface area contributed by atoms with Gasteiger partial charge in [0.1, 0.15) is 0 Å². The van der Waals surface area contributed by atoms with E-state index >= 15 is 0 Å². The van der Waals surface area contributed by atoms with E-state index in [0.29, 0.717) is 6.42 Å². The van der Waals surface area contributed by atoms with Crippen LogP contribution in [0.25, 0.3) is 0 Å². The van der Waals surface area contributed by atoms with E-state index in [2.05, 4.69) is 0 Å². The lowest BCUT2D eigenvalue weighted by Gasteiger charge is -2.39. The fourth-order valence-corrected chi connectivity index (χ4v) is 2.34. The van der Waals surface area contributed by atoms with E-state index in [-0.39, 0.29) is 5.92 Å². The largest absolute Gasteiger partial charge is 0.389 e. The van der Waals surface area contributed by atoms with Gasteiger partial charge >= 0.3 is 0 Å². The fourth-order valence-electron chi connectivity index (χ4n) is 2.34. The van der Waals surface area contributed by atoms with Gasteiger partial charge in [-0.05, 0) is 18.1 Å². The van der Waals surface area contributed by atoms with Crippen molar-refractivity contribution < 1.29 is 10.2 Å². The minimum atomic E-state index is -0.992. The Hall–Kier alpha value is -0.860. The summed E-state index contributed by atoms with van der Waals surface area (Å²) in [7, 11) is 0. The van der Waals surface area contributed by atoms with E-state index in [4.69, 9.17) is 0 Å². The maximum absolute atomic E-state index is 10.0. The molecular formula is C12H16O2. The summed E-state index contributed by atoms with van der Waals surface area (Å²) < 4.78 is 0. The zero-order valence-electron chi connectivity index (χ0n) is 8.57. The molecule has 1 aliphatic carbocycles. The molecule has 1 aromatic carbocycles. The highest BCUT2D eigenvalue weighted by Gasteiger charge is 2.40. The summed E-state index contributed by atoms with van der Waals surface area (Å²) in [5, 5.41) is 19.9. The molecule has 0 aliphatic heterocycles. The van der Waals surface area contributed by atoms with Crippen LogP contribution in [0.15, 0.2) is 24.3 Å². The molecule has 2 rings (SSSR count). The van der Waals surface area contributed by atoms with Crippen molar-refractivity contribution in [3.63, 3.8) is 0 Å². The molecule has 0 fully saturated rings. The van der Waals surface area contributed by atoms with E-state index in [9.17, 15) is 10.2 Å². The summed E-state index contributed by atoms with van der Waals surface area (Å²) in [5.74, 6) is 0.00921. The Morgan fingerprint density at radius 3 is 2.71 bits per heavy atom. The normalized spacial score (nSPS) is 36.6. The SMILES string of the molecule is CC1c2ccccc2CC(C)(O)C1O. The second kappa shape index (κ2) is 3.07. The van der Waals surface area contributed by atoms with Crippen molar-refractivity contribution >= 4 is 0 Å². The van der Waals surface area contributed by atoms with Crippen LogP contribution in [0.4, 0.5) is 0 Å². The van der Waals surface area contributed by atoms with Crippen molar-refractivity contribution in [2.75, 3.05) is 0 Å². The first kappa shape index (κ1) is 9.69. The third-order valence-corrected chi connectivity index (χ3v) is 3.20. The number of hydrogen-bond acceptors (Lipinski definition) is 2. The minimum absolute atomic E-state index is 0.00921. The second-order valence-electron chi connectivity index (χ2n) is 4.47. The van der Waals surface area contributed by atoms with Crippen LogP contribution in [-0.2, 0) is 6.42 Å². The summed E-state index contributed by atoms with van der Waals surface area (Å²) in [6.07, 6.45) is -0.133. The summed E-state index contributed by atoms with van der Waals surface area (Å²) in [4.78, 5) is 0. The van der Waals surface area contributed by atoms with Gasteiger partial charge in [-0.3, -0.25) is 0 Å². The molecule has 0 radical (unpaired) electrons. The van der Waals surface area contributed by atoms with Crippen LogP contribution in [0.2, 0.25) is 0 Å². The molecule has 2 nitrogen and oxygen atoms in total. The Labute approximate surface area is 84.2 Å². The molecule has 0 bridgehead atoms. The number of aliphatic hydroxyl groups excluding tert-OH is 1. The zero-order valence-corrected chi connectivity index (χ0v) is 8.57. The standard InChI is InChI=1S/C12H16O2/c1-8-10-6-4-3-5-9(10)7-12(2,14)11(8)13/h3-6,8,11,13-14H,7H2,1-2H3.